The van der Waals surface area contributed by atoms with E-state index >= 15 is 0 Å². The van der Waals surface area contributed by atoms with E-state index in [1.807, 2.05) is 21.1 Å². The zero-order chi connectivity index (χ0) is 60.5. The molecule has 2 atom stereocenters. The highest BCUT2D eigenvalue weighted by Crippen LogP contribution is 2.17. The Labute approximate surface area is 509 Å². The van der Waals surface area contributed by atoms with Crippen molar-refractivity contribution >= 4 is 17.9 Å². The summed E-state index contributed by atoms with van der Waals surface area (Å²) < 4.78 is 22.8. The number of ether oxygens (including phenoxy) is 4. The van der Waals surface area contributed by atoms with Crippen LogP contribution in [0.3, 0.4) is 0 Å². The van der Waals surface area contributed by atoms with Crippen molar-refractivity contribution in [3.05, 3.63) is 134 Å². The van der Waals surface area contributed by atoms with Crippen LogP contribution in [0, 0.1) is 0 Å². The molecule has 9 heteroatoms. The van der Waals surface area contributed by atoms with Crippen LogP contribution in [0.25, 0.3) is 0 Å². The molecule has 0 aliphatic carbocycles. The molecule has 0 aliphatic heterocycles. The number of unbranched alkanes of at least 4 members (excludes halogenated alkanes) is 23. The second-order valence-corrected chi connectivity index (χ2v) is 23.0. The van der Waals surface area contributed by atoms with E-state index in [2.05, 4.69) is 148 Å². The Kier molecular flexibility index (Phi) is 60.0. The Morgan fingerprint density at radius 2 is 0.663 bits per heavy atom. The second-order valence-electron chi connectivity index (χ2n) is 23.0. The molecular weight excluding hydrogens is 1030 g/mol. The maximum atomic E-state index is 12.9. The lowest BCUT2D eigenvalue weighted by Crippen LogP contribution is -2.40. The predicted molar refractivity (Wildman–Crippen MR) is 354 cm³/mol. The van der Waals surface area contributed by atoms with Gasteiger partial charge in [0.2, 0.25) is 0 Å². The van der Waals surface area contributed by atoms with Crippen LogP contribution in [0.1, 0.15) is 258 Å². The molecule has 0 radical (unpaired) electrons. The third kappa shape index (κ3) is 64.8. The quantitative estimate of drug-likeness (QED) is 0.0211. The van der Waals surface area contributed by atoms with Gasteiger partial charge < -0.3 is 28.5 Å². The summed E-state index contributed by atoms with van der Waals surface area (Å²) in [5.74, 6) is -2.08. The molecule has 0 heterocycles. The molecule has 0 fully saturated rings. The smallest absolute Gasteiger partial charge is 0.361 e. The fraction of sp³-hybridized carbons (Fsp3) is 0.662. The molecule has 0 aromatic heterocycles. The van der Waals surface area contributed by atoms with Crippen LogP contribution in [0.2, 0.25) is 0 Å². The van der Waals surface area contributed by atoms with Crippen molar-refractivity contribution in [2.24, 2.45) is 0 Å². The van der Waals surface area contributed by atoms with Gasteiger partial charge in [0.05, 0.1) is 34.4 Å². The van der Waals surface area contributed by atoms with Crippen molar-refractivity contribution in [2.45, 2.75) is 270 Å². The van der Waals surface area contributed by atoms with Gasteiger partial charge in [0.15, 0.2) is 6.10 Å². The summed E-state index contributed by atoms with van der Waals surface area (Å²) in [6, 6.07) is 0. The van der Waals surface area contributed by atoms with Crippen molar-refractivity contribution in [2.75, 3.05) is 47.5 Å². The summed E-state index contributed by atoms with van der Waals surface area (Å²) in [5.41, 5.74) is 0. The SMILES string of the molecule is CC/C=C\C/C=C\C/C=C\C/C=C\C/C=C\C/C=C\CCCCCCCCCCCCCCCCCCCCCCCCC(=O)OC(COC(=O)CCC/C=C\C/C=C\C/C=C\C/C=C\C/C=C\CC)COC(OCC[N+](C)(C)C)C(=O)O. The van der Waals surface area contributed by atoms with Gasteiger partial charge in [-0.05, 0) is 103 Å². The van der Waals surface area contributed by atoms with Gasteiger partial charge in [-0.25, -0.2) is 4.79 Å². The van der Waals surface area contributed by atoms with E-state index in [9.17, 15) is 19.5 Å². The number of carbonyl (C=O) groups excluding carboxylic acids is 2. The average molecular weight is 1160 g/mol. The molecule has 0 saturated carbocycles. The van der Waals surface area contributed by atoms with Crippen molar-refractivity contribution in [3.8, 4) is 0 Å². The number of rotatable bonds is 60. The Balaban J connectivity index is 4.04. The number of esters is 2. The summed E-state index contributed by atoms with van der Waals surface area (Å²) in [4.78, 5) is 37.5. The van der Waals surface area contributed by atoms with Crippen LogP contribution < -0.4 is 0 Å². The highest BCUT2D eigenvalue weighted by atomic mass is 16.7. The van der Waals surface area contributed by atoms with Gasteiger partial charge in [0, 0.05) is 12.8 Å². The number of nitrogens with zero attached hydrogens (tertiary/aromatic N) is 1. The maximum absolute atomic E-state index is 12.9. The minimum atomic E-state index is -1.53. The van der Waals surface area contributed by atoms with Crippen LogP contribution in [0.15, 0.2) is 134 Å². The minimum absolute atomic E-state index is 0.174. The highest BCUT2D eigenvalue weighted by Gasteiger charge is 2.25. The number of quaternary nitrogens is 1. The van der Waals surface area contributed by atoms with Crippen molar-refractivity contribution in [1.29, 1.82) is 0 Å². The van der Waals surface area contributed by atoms with Crippen LogP contribution in [0.5, 0.6) is 0 Å². The normalized spacial score (nSPS) is 13.6. The molecule has 1 N–H and O–H groups in total. The summed E-state index contributed by atoms with van der Waals surface area (Å²) in [7, 11) is 5.95. The van der Waals surface area contributed by atoms with Gasteiger partial charge in [0.25, 0.3) is 6.29 Å². The number of hydrogen-bond acceptors (Lipinski definition) is 7. The third-order valence-electron chi connectivity index (χ3n) is 13.9. The molecule has 0 aliphatic rings. The summed E-state index contributed by atoms with van der Waals surface area (Å²) in [6.07, 6.45) is 88.7. The zero-order valence-corrected chi connectivity index (χ0v) is 53.8. The maximum Gasteiger partial charge on any atom is 0.361 e. The van der Waals surface area contributed by atoms with Crippen molar-refractivity contribution < 1.29 is 42.9 Å². The lowest BCUT2D eigenvalue weighted by Gasteiger charge is -2.25. The third-order valence-corrected chi connectivity index (χ3v) is 13.9. The van der Waals surface area contributed by atoms with Crippen LogP contribution in [-0.4, -0.2) is 87.4 Å². The topological polar surface area (TPSA) is 108 Å². The van der Waals surface area contributed by atoms with E-state index in [0.29, 0.717) is 23.9 Å². The summed E-state index contributed by atoms with van der Waals surface area (Å²) in [5, 5.41) is 9.71. The Bertz CT molecular complexity index is 1820. The van der Waals surface area contributed by atoms with Crippen molar-refractivity contribution in [1.82, 2.24) is 0 Å². The number of likely N-dealkylation sites (N-methyl/N-ethyl adjacent to an activating group) is 1. The van der Waals surface area contributed by atoms with Gasteiger partial charge >= 0.3 is 17.9 Å². The van der Waals surface area contributed by atoms with E-state index in [1.54, 1.807) is 0 Å². The van der Waals surface area contributed by atoms with Crippen LogP contribution >= 0.6 is 0 Å². The zero-order valence-electron chi connectivity index (χ0n) is 53.8. The first-order valence-electron chi connectivity index (χ1n) is 33.3. The standard InChI is InChI=1S/C74H123NO8/c1-6-8-10-12-14-16-18-20-22-24-25-26-27-28-29-30-31-32-33-34-35-36-37-38-39-40-41-42-43-44-45-46-47-49-51-53-55-57-59-61-63-65-72(77)83-70(69-82-74(73(78)79)80-67-66-75(3,4)5)68-81-71(76)64-62-60-58-56-54-52-50-48-23-21-19-17-15-13-11-9-7-2/h8-11,14-17,20-23,25-26,28-29,31-32,50,52,56,58,70,74H,6-7,12-13,18-19,24,27,30,33-49,51,53-55,57,59-69H2,1-5H3/p+1/b10-8-,11-9-,16-14-,17-15-,22-20-,23-21-,26-25-,29-28-,32-31-,52-50-,58-56-. The molecule has 0 aromatic carbocycles. The van der Waals surface area contributed by atoms with Gasteiger partial charge in [-0.1, -0.05) is 276 Å². The summed E-state index contributed by atoms with van der Waals surface area (Å²) in [6.45, 7) is 4.58. The molecule has 0 aromatic rings. The minimum Gasteiger partial charge on any atom is -0.477 e. The number of allylic oxidation sites excluding steroid dienone is 22. The Hall–Kier alpha value is -4.57. The Morgan fingerprint density at radius 1 is 0.361 bits per heavy atom. The molecule has 0 amide bonds. The van der Waals surface area contributed by atoms with Gasteiger partial charge in [-0.2, -0.15) is 0 Å². The van der Waals surface area contributed by atoms with E-state index in [1.165, 1.54) is 128 Å². The van der Waals surface area contributed by atoms with Crippen LogP contribution in [0.4, 0.5) is 0 Å². The predicted octanol–water partition coefficient (Wildman–Crippen LogP) is 20.6. The number of aliphatic carboxylic acids is 1. The molecule has 9 nitrogen and oxygen atoms in total. The lowest BCUT2D eigenvalue weighted by molar-refractivity contribution is -0.870. The molecule has 83 heavy (non-hydrogen) atoms. The Morgan fingerprint density at radius 3 is 1.00 bits per heavy atom. The van der Waals surface area contributed by atoms with Gasteiger partial charge in [-0.3, -0.25) is 9.59 Å². The summed E-state index contributed by atoms with van der Waals surface area (Å²) >= 11 is 0. The average Bonchev–Trinajstić information content (AvgIpc) is 3.46. The van der Waals surface area contributed by atoms with Crippen LogP contribution in [-0.2, 0) is 33.3 Å². The first-order chi connectivity index (χ1) is 40.6. The fourth-order valence-electron chi connectivity index (χ4n) is 8.88. The fourth-order valence-corrected chi connectivity index (χ4v) is 8.88. The molecular formula is C74H124NO8+. The highest BCUT2D eigenvalue weighted by molar-refractivity contribution is 5.71. The first-order valence-corrected chi connectivity index (χ1v) is 33.3. The van der Waals surface area contributed by atoms with Gasteiger partial charge in [0.1, 0.15) is 13.2 Å². The molecule has 0 bridgehead atoms. The number of carboxylic acid groups (broad SMARTS) is 1. The number of hydrogen-bond donors (Lipinski definition) is 1. The van der Waals surface area contributed by atoms with E-state index in [-0.39, 0.29) is 32.7 Å². The number of carbonyl (C=O) groups is 3. The first kappa shape index (κ1) is 78.4. The lowest BCUT2D eigenvalue weighted by atomic mass is 10.0. The van der Waals surface area contributed by atoms with E-state index < -0.39 is 30.3 Å². The second kappa shape index (κ2) is 63.5. The monoisotopic (exact) mass is 1150 g/mol. The molecule has 0 rings (SSSR count). The molecule has 2 unspecified atom stereocenters. The van der Waals surface area contributed by atoms with E-state index in [0.717, 1.165) is 89.9 Å². The molecule has 0 spiro atoms. The molecule has 472 valence electrons. The largest absolute Gasteiger partial charge is 0.477 e. The number of carboxylic acids is 1. The van der Waals surface area contributed by atoms with Gasteiger partial charge in [-0.15, -0.1) is 0 Å². The van der Waals surface area contributed by atoms with Crippen molar-refractivity contribution in [3.63, 3.8) is 0 Å². The molecule has 0 saturated heterocycles. The van der Waals surface area contributed by atoms with E-state index in [4.69, 9.17) is 18.9 Å².